The number of hydrogen-bond acceptors (Lipinski definition) is 5. The van der Waals surface area contributed by atoms with Gasteiger partial charge in [0, 0.05) is 38.1 Å². The van der Waals surface area contributed by atoms with Gasteiger partial charge in [0.15, 0.2) is 5.65 Å². The molecule has 0 atom stereocenters. The average molecular weight is 441 g/mol. The first kappa shape index (κ1) is 21.0. The van der Waals surface area contributed by atoms with Crippen LogP contribution in [0.4, 0.5) is 5.69 Å². The number of nitrogens with one attached hydrogen (secondary N) is 1. The van der Waals surface area contributed by atoms with E-state index in [1.807, 2.05) is 11.9 Å². The molecule has 1 saturated heterocycles. The predicted octanol–water partition coefficient (Wildman–Crippen LogP) is 2.88. The molecule has 9 nitrogen and oxygen atoms in total. The first-order valence-corrected chi connectivity index (χ1v) is 11.6. The number of fused-ring (bicyclic) bond motifs is 1. The summed E-state index contributed by atoms with van der Waals surface area (Å²) in [7, 11) is -2.03. The highest BCUT2D eigenvalue weighted by atomic mass is 32.2. The van der Waals surface area contributed by atoms with Crippen LogP contribution in [0.5, 0.6) is 0 Å². The molecule has 0 aliphatic carbocycles. The fourth-order valence-electron chi connectivity index (χ4n) is 3.63. The molecule has 10 heteroatoms. The highest BCUT2D eigenvalue weighted by molar-refractivity contribution is 7.90. The molecule has 1 N–H and O–H groups in total. The van der Waals surface area contributed by atoms with E-state index >= 15 is 0 Å². The highest BCUT2D eigenvalue weighted by Crippen LogP contribution is 2.21. The summed E-state index contributed by atoms with van der Waals surface area (Å²) in [5.41, 5.74) is 1.66. The third kappa shape index (κ3) is 4.43. The molecule has 0 saturated carbocycles. The molecular formula is C21H24N6O3S. The van der Waals surface area contributed by atoms with Gasteiger partial charge in [-0.15, -0.1) is 4.40 Å². The Labute approximate surface area is 180 Å². The third-order valence-electron chi connectivity index (χ3n) is 5.25. The minimum Gasteiger partial charge on any atom is -0.362 e. The molecule has 3 aromatic rings. The van der Waals surface area contributed by atoms with E-state index in [1.165, 1.54) is 16.6 Å². The number of hydrogen-bond donors (Lipinski definition) is 1. The number of amides is 1. The van der Waals surface area contributed by atoms with Crippen LogP contribution in [-0.4, -0.2) is 53.3 Å². The van der Waals surface area contributed by atoms with E-state index in [-0.39, 0.29) is 4.90 Å². The molecule has 1 amide bonds. The van der Waals surface area contributed by atoms with Gasteiger partial charge in [-0.3, -0.25) is 4.79 Å². The van der Waals surface area contributed by atoms with Crippen LogP contribution in [0.15, 0.2) is 52.0 Å². The number of carbonyl (C=O) groups excluding carboxylic acids is 1. The van der Waals surface area contributed by atoms with Gasteiger partial charge in [-0.1, -0.05) is 12.5 Å². The highest BCUT2D eigenvalue weighted by Gasteiger charge is 2.21. The Bertz CT molecular complexity index is 1270. The third-order valence-corrected chi connectivity index (χ3v) is 6.55. The fraction of sp³-hybridized carbons (Fsp3) is 0.333. The van der Waals surface area contributed by atoms with Crippen molar-refractivity contribution in [3.63, 3.8) is 0 Å². The number of aryl methyl sites for hydroxylation is 1. The Morgan fingerprint density at radius 3 is 2.87 bits per heavy atom. The second-order valence-electron chi connectivity index (χ2n) is 7.55. The lowest BCUT2D eigenvalue weighted by atomic mass is 10.2. The smallest absolute Gasteiger partial charge is 0.284 e. The van der Waals surface area contributed by atoms with E-state index in [1.54, 1.807) is 37.5 Å². The van der Waals surface area contributed by atoms with E-state index in [2.05, 4.69) is 19.8 Å². The number of likely N-dealkylation sites (tertiary alicyclic amines) is 1. The van der Waals surface area contributed by atoms with Crippen LogP contribution in [0.3, 0.4) is 0 Å². The van der Waals surface area contributed by atoms with Crippen LogP contribution in [0.1, 0.15) is 41.7 Å². The van der Waals surface area contributed by atoms with E-state index < -0.39 is 15.9 Å². The Balaban J connectivity index is 1.61. The van der Waals surface area contributed by atoms with Crippen LogP contribution in [-0.2, 0) is 10.0 Å². The van der Waals surface area contributed by atoms with Crippen molar-refractivity contribution in [2.24, 2.45) is 4.40 Å². The minimum absolute atomic E-state index is 0.0326. The molecule has 2 aromatic heterocycles. The first-order valence-electron chi connectivity index (χ1n) is 10.1. The van der Waals surface area contributed by atoms with E-state index in [9.17, 15) is 13.2 Å². The monoisotopic (exact) mass is 440 g/mol. The van der Waals surface area contributed by atoms with Crippen molar-refractivity contribution in [1.82, 2.24) is 19.5 Å². The zero-order valence-corrected chi connectivity index (χ0v) is 18.3. The van der Waals surface area contributed by atoms with Crippen molar-refractivity contribution in [2.45, 2.75) is 37.5 Å². The summed E-state index contributed by atoms with van der Waals surface area (Å²) in [6, 6.07) is 7.84. The summed E-state index contributed by atoms with van der Waals surface area (Å²) in [5, 5.41) is 7.04. The average Bonchev–Trinajstić information content (AvgIpc) is 2.95. The van der Waals surface area contributed by atoms with Crippen LogP contribution in [0, 0.1) is 6.92 Å². The molecule has 1 aromatic carbocycles. The van der Waals surface area contributed by atoms with Crippen LogP contribution in [0.25, 0.3) is 5.65 Å². The van der Waals surface area contributed by atoms with Crippen molar-refractivity contribution >= 4 is 33.1 Å². The molecule has 4 rings (SSSR count). The van der Waals surface area contributed by atoms with Gasteiger partial charge >= 0.3 is 0 Å². The number of nitrogens with zero attached hydrogens (tertiary/aromatic N) is 5. The van der Waals surface area contributed by atoms with Crippen LogP contribution >= 0.6 is 0 Å². The molecule has 1 fully saturated rings. The van der Waals surface area contributed by atoms with Crippen molar-refractivity contribution in [2.75, 3.05) is 18.9 Å². The van der Waals surface area contributed by atoms with Crippen molar-refractivity contribution in [1.29, 1.82) is 0 Å². The van der Waals surface area contributed by atoms with E-state index in [4.69, 9.17) is 0 Å². The quantitative estimate of drug-likeness (QED) is 0.668. The van der Waals surface area contributed by atoms with E-state index in [0.717, 1.165) is 25.8 Å². The lowest BCUT2D eigenvalue weighted by Gasteiger charge is -2.17. The zero-order valence-electron chi connectivity index (χ0n) is 17.4. The van der Waals surface area contributed by atoms with Gasteiger partial charge in [-0.25, -0.2) is 9.50 Å². The molecule has 0 bridgehead atoms. The number of anilines is 1. The Hall–Kier alpha value is -3.27. The standard InChI is InChI=1S/C21H24N6O3S/c1-15-19(20-22-11-7-13-27(20)24-15)21(28)23-16-8-6-9-17(14-16)31(29,30)25-18-10-4-3-5-12-26(18)2/h6-9,11,13-14H,3-5,10,12H2,1-2H3,(H,23,28)/b25-18-. The molecular weight excluding hydrogens is 416 g/mol. The second kappa shape index (κ2) is 8.46. The maximum Gasteiger partial charge on any atom is 0.284 e. The molecule has 0 unspecified atom stereocenters. The molecule has 0 spiro atoms. The summed E-state index contributed by atoms with van der Waals surface area (Å²) in [6.07, 6.45) is 6.93. The molecule has 3 heterocycles. The normalized spacial score (nSPS) is 16.5. The maximum atomic E-state index is 12.9. The van der Waals surface area contributed by atoms with Crippen molar-refractivity contribution in [3.8, 4) is 0 Å². The summed E-state index contributed by atoms with van der Waals surface area (Å²) in [6.45, 7) is 2.52. The summed E-state index contributed by atoms with van der Waals surface area (Å²) < 4.78 is 31.4. The summed E-state index contributed by atoms with van der Waals surface area (Å²) >= 11 is 0. The Kier molecular flexibility index (Phi) is 5.73. The predicted molar refractivity (Wildman–Crippen MR) is 118 cm³/mol. The van der Waals surface area contributed by atoms with Crippen molar-refractivity contribution < 1.29 is 13.2 Å². The number of aromatic nitrogens is 3. The zero-order chi connectivity index (χ0) is 22.0. The number of rotatable bonds is 4. The largest absolute Gasteiger partial charge is 0.362 e. The molecule has 1 aliphatic heterocycles. The van der Waals surface area contributed by atoms with Gasteiger partial charge in [-0.2, -0.15) is 13.5 Å². The lowest BCUT2D eigenvalue weighted by molar-refractivity contribution is 0.102. The van der Waals surface area contributed by atoms with E-state index in [0.29, 0.717) is 34.8 Å². The lowest BCUT2D eigenvalue weighted by Crippen LogP contribution is -2.26. The van der Waals surface area contributed by atoms with Gasteiger partial charge < -0.3 is 10.2 Å². The SMILES string of the molecule is Cc1nn2cccnc2c1C(=O)Nc1cccc(S(=O)(=O)/N=C2/CCCCCN2C)c1. The Morgan fingerprint density at radius 1 is 1.19 bits per heavy atom. The molecule has 1 aliphatic rings. The van der Waals surface area contributed by atoms with Gasteiger partial charge in [0.2, 0.25) is 0 Å². The Morgan fingerprint density at radius 2 is 2.03 bits per heavy atom. The van der Waals surface area contributed by atoms with Crippen molar-refractivity contribution in [3.05, 3.63) is 54.0 Å². The minimum atomic E-state index is -3.90. The molecule has 0 radical (unpaired) electrons. The van der Waals surface area contributed by atoms with Crippen LogP contribution < -0.4 is 5.32 Å². The number of amidine groups is 1. The fourth-order valence-corrected chi connectivity index (χ4v) is 4.77. The molecule has 162 valence electrons. The van der Waals surface area contributed by atoms with Crippen LogP contribution in [0.2, 0.25) is 0 Å². The molecule has 31 heavy (non-hydrogen) atoms. The summed E-state index contributed by atoms with van der Waals surface area (Å²) in [4.78, 5) is 19.0. The first-order chi connectivity index (χ1) is 14.8. The topological polar surface area (TPSA) is 109 Å². The maximum absolute atomic E-state index is 12.9. The van der Waals surface area contributed by atoms with Gasteiger partial charge in [0.1, 0.15) is 11.4 Å². The van der Waals surface area contributed by atoms with Gasteiger partial charge in [0.25, 0.3) is 15.9 Å². The van der Waals surface area contributed by atoms with Gasteiger partial charge in [-0.05, 0) is 44.0 Å². The van der Waals surface area contributed by atoms with Gasteiger partial charge in [0.05, 0.1) is 10.6 Å². The number of benzene rings is 1. The summed E-state index contributed by atoms with van der Waals surface area (Å²) in [5.74, 6) is 0.163. The second-order valence-corrected chi connectivity index (χ2v) is 9.15. The number of carbonyl (C=O) groups is 1. The number of sulfonamides is 1.